The van der Waals surface area contributed by atoms with Crippen molar-refractivity contribution < 1.29 is 9.84 Å². The number of aliphatic hydroxyl groups excluding tert-OH is 1. The summed E-state index contributed by atoms with van der Waals surface area (Å²) in [6, 6.07) is 1.97. The van der Waals surface area contributed by atoms with Crippen molar-refractivity contribution >= 4 is 22.9 Å². The molecule has 1 aromatic heterocycles. The molecule has 1 rings (SSSR count). The number of thiazole rings is 1. The van der Waals surface area contributed by atoms with Crippen LogP contribution in [0.3, 0.4) is 0 Å². The third-order valence-corrected chi connectivity index (χ3v) is 3.03. The van der Waals surface area contributed by atoms with Gasteiger partial charge in [-0.3, -0.25) is 0 Å². The lowest BCUT2D eigenvalue weighted by Gasteiger charge is -2.17. The molecule has 0 aliphatic rings. The molecule has 0 saturated heterocycles. The van der Waals surface area contributed by atoms with Crippen LogP contribution in [-0.2, 0) is 4.74 Å². The minimum absolute atomic E-state index is 0.419. The first-order chi connectivity index (χ1) is 7.04. The van der Waals surface area contributed by atoms with Crippen molar-refractivity contribution in [1.29, 1.82) is 5.26 Å². The van der Waals surface area contributed by atoms with Crippen LogP contribution in [0.5, 0.6) is 0 Å². The van der Waals surface area contributed by atoms with E-state index in [4.69, 9.17) is 21.6 Å². The molecule has 6 heteroatoms. The predicted octanol–water partition coefficient (Wildman–Crippen LogP) is 2.15. The maximum absolute atomic E-state index is 9.24. The number of nitriles is 1. The van der Waals surface area contributed by atoms with E-state index in [1.165, 1.54) is 17.5 Å². The van der Waals surface area contributed by atoms with Crippen LogP contribution < -0.4 is 0 Å². The molecule has 0 saturated carbocycles. The molecule has 3 atom stereocenters. The fourth-order valence-corrected chi connectivity index (χ4v) is 1.77. The Morgan fingerprint density at radius 3 is 2.73 bits per heavy atom. The quantitative estimate of drug-likeness (QED) is 0.884. The van der Waals surface area contributed by atoms with Crippen molar-refractivity contribution in [2.75, 3.05) is 0 Å². The zero-order chi connectivity index (χ0) is 11.4. The lowest BCUT2D eigenvalue weighted by atomic mass is 10.2. The number of rotatable bonds is 4. The first-order valence-corrected chi connectivity index (χ1v) is 5.58. The molecule has 3 unspecified atom stereocenters. The summed E-state index contributed by atoms with van der Waals surface area (Å²) in [4.78, 5) is 3.96. The average molecular weight is 247 g/mol. The Kier molecular flexibility index (Phi) is 4.48. The normalized spacial score (nSPS) is 16.7. The second-order valence-corrected chi connectivity index (χ2v) is 4.79. The van der Waals surface area contributed by atoms with Crippen LogP contribution in [0.2, 0.25) is 4.34 Å². The van der Waals surface area contributed by atoms with E-state index in [9.17, 15) is 5.11 Å². The highest BCUT2D eigenvalue weighted by Crippen LogP contribution is 2.27. The Morgan fingerprint density at radius 2 is 2.33 bits per heavy atom. The summed E-state index contributed by atoms with van der Waals surface area (Å²) in [6.45, 7) is 3.30. The predicted molar refractivity (Wildman–Crippen MR) is 57.7 cm³/mol. The highest BCUT2D eigenvalue weighted by molar-refractivity contribution is 7.15. The van der Waals surface area contributed by atoms with Gasteiger partial charge in [0.25, 0.3) is 0 Å². The highest BCUT2D eigenvalue weighted by atomic mass is 35.5. The third-order valence-electron chi connectivity index (χ3n) is 1.87. The Bertz CT molecular complexity index is 361. The molecule has 1 heterocycles. The molecule has 15 heavy (non-hydrogen) atoms. The molecule has 82 valence electrons. The fraction of sp³-hybridized carbons (Fsp3) is 0.556. The van der Waals surface area contributed by atoms with Crippen molar-refractivity contribution in [2.45, 2.75) is 32.2 Å². The van der Waals surface area contributed by atoms with Gasteiger partial charge in [-0.2, -0.15) is 5.26 Å². The Hall–Kier alpha value is -0.670. The average Bonchev–Trinajstić information content (AvgIpc) is 2.60. The van der Waals surface area contributed by atoms with Gasteiger partial charge in [-0.15, -0.1) is 11.3 Å². The number of aliphatic hydroxyl groups is 1. The summed E-state index contributed by atoms with van der Waals surface area (Å²) in [6.07, 6.45) is -0.344. The molecule has 1 N–H and O–H groups in total. The van der Waals surface area contributed by atoms with E-state index in [-0.39, 0.29) is 0 Å². The van der Waals surface area contributed by atoms with E-state index in [1.807, 2.05) is 6.07 Å². The Balaban J connectivity index is 2.70. The van der Waals surface area contributed by atoms with Crippen LogP contribution >= 0.6 is 22.9 Å². The zero-order valence-corrected chi connectivity index (χ0v) is 9.92. The Morgan fingerprint density at radius 1 is 1.67 bits per heavy atom. The highest BCUT2D eigenvalue weighted by Gasteiger charge is 2.20. The van der Waals surface area contributed by atoms with E-state index in [0.29, 0.717) is 9.34 Å². The first kappa shape index (κ1) is 12.4. The van der Waals surface area contributed by atoms with Gasteiger partial charge in [0.2, 0.25) is 0 Å². The molecular formula is C9H11ClN2O2S. The summed E-state index contributed by atoms with van der Waals surface area (Å²) in [7, 11) is 0. The van der Waals surface area contributed by atoms with Crippen LogP contribution in [0.25, 0.3) is 0 Å². The molecular weight excluding hydrogens is 236 g/mol. The van der Waals surface area contributed by atoms with Crippen LogP contribution in [0.4, 0.5) is 0 Å². The summed E-state index contributed by atoms with van der Waals surface area (Å²) >= 11 is 6.90. The monoisotopic (exact) mass is 246 g/mol. The van der Waals surface area contributed by atoms with Crippen molar-refractivity contribution in [3.63, 3.8) is 0 Å². The van der Waals surface area contributed by atoms with Gasteiger partial charge in [0.15, 0.2) is 6.10 Å². The SMILES string of the molecule is CC(O)C(C)OC(C#N)c1ncc(Cl)s1. The fourth-order valence-electron chi connectivity index (χ4n) is 0.860. The molecule has 0 radical (unpaired) electrons. The van der Waals surface area contributed by atoms with Gasteiger partial charge in [0.05, 0.1) is 18.4 Å². The second kappa shape index (κ2) is 5.42. The lowest BCUT2D eigenvalue weighted by molar-refractivity contribution is -0.0426. The van der Waals surface area contributed by atoms with Gasteiger partial charge in [0.1, 0.15) is 15.4 Å². The van der Waals surface area contributed by atoms with Gasteiger partial charge in [-0.25, -0.2) is 4.98 Å². The number of hydrogen-bond acceptors (Lipinski definition) is 5. The third kappa shape index (κ3) is 3.43. The standard InChI is InChI=1S/C9H11ClN2O2S/c1-5(13)6(2)14-7(3-11)9-12-4-8(10)15-9/h4-7,13H,1-2H3. The van der Waals surface area contributed by atoms with E-state index in [1.54, 1.807) is 13.8 Å². The minimum atomic E-state index is -0.771. The van der Waals surface area contributed by atoms with Gasteiger partial charge in [-0.1, -0.05) is 11.6 Å². The number of aromatic nitrogens is 1. The molecule has 0 aliphatic heterocycles. The van der Waals surface area contributed by atoms with E-state index in [2.05, 4.69) is 4.98 Å². The largest absolute Gasteiger partial charge is 0.391 e. The summed E-state index contributed by atoms with van der Waals surface area (Å²) in [5, 5.41) is 18.6. The van der Waals surface area contributed by atoms with Crippen molar-refractivity contribution in [3.8, 4) is 6.07 Å². The van der Waals surface area contributed by atoms with Gasteiger partial charge in [-0.05, 0) is 13.8 Å². The molecule has 0 amide bonds. The molecule has 4 nitrogen and oxygen atoms in total. The number of ether oxygens (including phenoxy) is 1. The smallest absolute Gasteiger partial charge is 0.195 e. The van der Waals surface area contributed by atoms with Gasteiger partial charge < -0.3 is 9.84 Å². The van der Waals surface area contributed by atoms with Crippen LogP contribution in [0.15, 0.2) is 6.20 Å². The number of hydrogen-bond donors (Lipinski definition) is 1. The number of halogens is 1. The Labute approximate surface area is 97.1 Å². The molecule has 0 aliphatic carbocycles. The van der Waals surface area contributed by atoms with E-state index >= 15 is 0 Å². The lowest BCUT2D eigenvalue weighted by Crippen LogP contribution is -2.24. The molecule has 0 spiro atoms. The zero-order valence-electron chi connectivity index (χ0n) is 8.35. The number of nitrogens with zero attached hydrogens (tertiary/aromatic N) is 2. The first-order valence-electron chi connectivity index (χ1n) is 4.39. The second-order valence-electron chi connectivity index (χ2n) is 3.09. The van der Waals surface area contributed by atoms with Crippen LogP contribution in [0, 0.1) is 11.3 Å². The molecule has 1 aromatic rings. The molecule has 0 aromatic carbocycles. The summed E-state index contributed by atoms with van der Waals surface area (Å²) in [5.41, 5.74) is 0. The van der Waals surface area contributed by atoms with Crippen LogP contribution in [-0.4, -0.2) is 22.3 Å². The summed E-state index contributed by atoms with van der Waals surface area (Å²) in [5.74, 6) is 0. The van der Waals surface area contributed by atoms with Gasteiger partial charge >= 0.3 is 0 Å². The van der Waals surface area contributed by atoms with Gasteiger partial charge in [0, 0.05) is 0 Å². The topological polar surface area (TPSA) is 66.1 Å². The van der Waals surface area contributed by atoms with Crippen molar-refractivity contribution in [3.05, 3.63) is 15.5 Å². The van der Waals surface area contributed by atoms with Crippen molar-refractivity contribution in [1.82, 2.24) is 4.98 Å². The van der Waals surface area contributed by atoms with E-state index < -0.39 is 18.3 Å². The molecule has 0 fully saturated rings. The van der Waals surface area contributed by atoms with Crippen LogP contribution in [0.1, 0.15) is 25.0 Å². The van der Waals surface area contributed by atoms with E-state index in [0.717, 1.165) is 0 Å². The maximum Gasteiger partial charge on any atom is 0.195 e. The van der Waals surface area contributed by atoms with Crippen molar-refractivity contribution in [2.24, 2.45) is 0 Å². The maximum atomic E-state index is 9.24. The minimum Gasteiger partial charge on any atom is -0.391 e. The molecule has 0 bridgehead atoms. The summed E-state index contributed by atoms with van der Waals surface area (Å²) < 4.78 is 5.85.